The van der Waals surface area contributed by atoms with Gasteiger partial charge in [0.15, 0.2) is 0 Å². The summed E-state index contributed by atoms with van der Waals surface area (Å²) >= 11 is 0. The summed E-state index contributed by atoms with van der Waals surface area (Å²) in [5.74, 6) is 6.93. The van der Waals surface area contributed by atoms with E-state index >= 15 is 0 Å². The highest BCUT2D eigenvalue weighted by atomic mass is 16.5. The van der Waals surface area contributed by atoms with E-state index in [9.17, 15) is 19.2 Å². The number of rotatable bonds is 10. The zero-order valence-electron chi connectivity index (χ0n) is 35.7. The molecule has 3 aromatic rings. The van der Waals surface area contributed by atoms with E-state index in [1.165, 1.54) is 14.2 Å². The average Bonchev–Trinajstić information content (AvgIpc) is 3.68. The SMILES string of the molecule is COC(=O)N[C@H](C(=O)N1[C@H]2C[C@@]2(C)C[C@H]1C1=NC=C(c2ccc(C#Cc3ccc(-c4cnc([C@@H]5C[C@]6(C)C[C@@H]6N5C(=O)[C@@H](NC(=O)OC)C(C)C)[nH]4)cc3)cc2)C1)C(C)C. The summed E-state index contributed by atoms with van der Waals surface area (Å²) in [5.41, 5.74) is 6.85. The molecule has 13 heteroatoms. The molecular weight excluding hydrogens is 759 g/mol. The Morgan fingerprint density at radius 1 is 0.733 bits per heavy atom. The second kappa shape index (κ2) is 15.6. The van der Waals surface area contributed by atoms with E-state index in [2.05, 4.69) is 53.4 Å². The highest BCUT2D eigenvalue weighted by Gasteiger charge is 2.65. The van der Waals surface area contributed by atoms with E-state index in [0.29, 0.717) is 6.42 Å². The number of benzene rings is 2. The van der Waals surface area contributed by atoms with Crippen LogP contribution in [0, 0.1) is 34.5 Å². The number of piperidine rings is 2. The van der Waals surface area contributed by atoms with Gasteiger partial charge in [-0.1, -0.05) is 77.6 Å². The van der Waals surface area contributed by atoms with Crippen LogP contribution in [-0.2, 0) is 19.1 Å². The third kappa shape index (κ3) is 7.68. The highest BCUT2D eigenvalue weighted by Crippen LogP contribution is 2.63. The number of fused-ring (bicyclic) bond motifs is 2. The molecule has 2 saturated carbocycles. The van der Waals surface area contributed by atoms with Gasteiger partial charge in [0, 0.05) is 41.5 Å². The molecule has 2 aliphatic carbocycles. The zero-order valence-corrected chi connectivity index (χ0v) is 35.7. The molecule has 4 heterocycles. The van der Waals surface area contributed by atoms with Crippen molar-refractivity contribution in [3.8, 4) is 23.1 Å². The van der Waals surface area contributed by atoms with Crippen molar-refractivity contribution >= 4 is 35.3 Å². The van der Waals surface area contributed by atoms with Crippen LogP contribution in [0.2, 0.25) is 0 Å². The van der Waals surface area contributed by atoms with Crippen LogP contribution >= 0.6 is 0 Å². The lowest BCUT2D eigenvalue weighted by Crippen LogP contribution is -2.54. The van der Waals surface area contributed by atoms with Crippen LogP contribution in [0.3, 0.4) is 0 Å². The van der Waals surface area contributed by atoms with Crippen LogP contribution in [-0.4, -0.2) is 93.9 Å². The van der Waals surface area contributed by atoms with Gasteiger partial charge in [0.25, 0.3) is 0 Å². The summed E-state index contributed by atoms with van der Waals surface area (Å²) in [6.45, 7) is 12.1. The molecule has 2 saturated heterocycles. The number of hydrogen-bond donors (Lipinski definition) is 3. The van der Waals surface area contributed by atoms with Crippen LogP contribution < -0.4 is 10.6 Å². The number of aromatic amines is 1. The number of carbonyl (C=O) groups is 4. The van der Waals surface area contributed by atoms with Gasteiger partial charge in [-0.2, -0.15) is 0 Å². The fraction of sp³-hybridized carbons (Fsp3) is 0.489. The third-order valence-electron chi connectivity index (χ3n) is 13.4. The number of methoxy groups -OCH3 is 2. The van der Waals surface area contributed by atoms with Gasteiger partial charge < -0.3 is 34.9 Å². The molecule has 2 aromatic carbocycles. The first-order valence-corrected chi connectivity index (χ1v) is 21.0. The Morgan fingerprint density at radius 2 is 1.22 bits per heavy atom. The molecule has 3 aliphatic heterocycles. The maximum absolute atomic E-state index is 13.9. The second-order valence-corrected chi connectivity index (χ2v) is 18.4. The minimum atomic E-state index is -0.692. The third-order valence-corrected chi connectivity index (χ3v) is 13.4. The first-order valence-electron chi connectivity index (χ1n) is 21.0. The highest BCUT2D eigenvalue weighted by molar-refractivity contribution is 6.04. The number of nitrogens with zero attached hydrogens (tertiary/aromatic N) is 4. The van der Waals surface area contributed by atoms with Crippen molar-refractivity contribution in [3.63, 3.8) is 0 Å². The molecular formula is C47H55N7O6. The number of aliphatic imine (C=N–C) groups is 1. The van der Waals surface area contributed by atoms with Crippen LogP contribution in [0.1, 0.15) is 102 Å². The quantitative estimate of drug-likeness (QED) is 0.189. The largest absolute Gasteiger partial charge is 0.453 e. The molecule has 13 nitrogen and oxygen atoms in total. The molecule has 60 heavy (non-hydrogen) atoms. The number of H-pyrrole nitrogens is 1. The number of aromatic nitrogens is 2. The van der Waals surface area contributed by atoms with Crippen molar-refractivity contribution in [3.05, 3.63) is 83.4 Å². The molecule has 8 atom stereocenters. The summed E-state index contributed by atoms with van der Waals surface area (Å²) in [6.07, 6.45) is 6.75. The Kier molecular flexibility index (Phi) is 10.6. The number of imidazole rings is 1. The molecule has 314 valence electrons. The number of nitrogens with one attached hydrogen (secondary N) is 3. The van der Waals surface area contributed by atoms with E-state index in [1.807, 2.05) is 86.3 Å². The summed E-state index contributed by atoms with van der Waals surface area (Å²) in [4.78, 5) is 69.0. The number of likely N-dealkylation sites (tertiary alicyclic amines) is 2. The topological polar surface area (TPSA) is 158 Å². The number of amides is 4. The lowest BCUT2D eigenvalue weighted by Gasteiger charge is -2.33. The summed E-state index contributed by atoms with van der Waals surface area (Å²) < 4.78 is 9.63. The van der Waals surface area contributed by atoms with E-state index < -0.39 is 24.3 Å². The predicted octanol–water partition coefficient (Wildman–Crippen LogP) is 6.85. The summed E-state index contributed by atoms with van der Waals surface area (Å²) in [7, 11) is 2.61. The molecule has 1 aromatic heterocycles. The molecule has 3 N–H and O–H groups in total. The molecule has 8 rings (SSSR count). The minimum Gasteiger partial charge on any atom is -0.453 e. The average molecular weight is 814 g/mol. The molecule has 0 unspecified atom stereocenters. The Balaban J connectivity index is 0.891. The molecule has 4 fully saturated rings. The van der Waals surface area contributed by atoms with Gasteiger partial charge in [0.1, 0.15) is 17.9 Å². The Labute approximate surface area is 351 Å². The number of alkyl carbamates (subject to hydrolysis) is 2. The van der Waals surface area contributed by atoms with Gasteiger partial charge in [-0.3, -0.25) is 14.6 Å². The molecule has 4 amide bonds. The van der Waals surface area contributed by atoms with Gasteiger partial charge in [-0.25, -0.2) is 14.6 Å². The minimum absolute atomic E-state index is 0.0386. The number of hydrogen-bond acceptors (Lipinski definition) is 8. The first kappa shape index (κ1) is 40.9. The molecule has 5 aliphatic rings. The van der Waals surface area contributed by atoms with Crippen molar-refractivity contribution in [2.45, 2.75) is 110 Å². The number of allylic oxidation sites excluding steroid dienone is 1. The maximum atomic E-state index is 13.9. The molecule has 0 spiro atoms. The van der Waals surface area contributed by atoms with Gasteiger partial charge in [0.05, 0.1) is 38.2 Å². The number of ether oxygens (including phenoxy) is 2. The Hall–Kier alpha value is -5.90. The molecule has 0 radical (unpaired) electrons. The van der Waals surface area contributed by atoms with Crippen LogP contribution in [0.5, 0.6) is 0 Å². The standard InChI is InChI=1S/C47H55N7O6/c1-26(2)39(51-44(57)59-7)42(55)53-35(20-46(5)22-37(46)53)33-19-32(24-48-33)30-15-11-28(12-16-30)9-10-29-13-17-31(18-14-29)34-25-49-41(50-34)36-21-47(6)23-38(47)54(36)43(56)40(27(3)4)52-45(58)60-8/h11-18,24-27,35-40H,19-23H2,1-8H3,(H,49,50)(H,51,57)(H,52,58)/t35-,36-,37-,38-,39-,40-,46+,47+/m0/s1. The first-order chi connectivity index (χ1) is 28.6. The van der Waals surface area contributed by atoms with Crippen LogP contribution in [0.4, 0.5) is 9.59 Å². The van der Waals surface area contributed by atoms with Gasteiger partial charge in [-0.05, 0) is 89.3 Å². The van der Waals surface area contributed by atoms with Gasteiger partial charge in [-0.15, -0.1) is 0 Å². The van der Waals surface area contributed by atoms with E-state index in [-0.39, 0.29) is 58.6 Å². The van der Waals surface area contributed by atoms with E-state index in [4.69, 9.17) is 19.5 Å². The van der Waals surface area contributed by atoms with Crippen molar-refractivity contribution in [1.82, 2.24) is 30.4 Å². The van der Waals surface area contributed by atoms with Crippen molar-refractivity contribution in [1.29, 1.82) is 0 Å². The fourth-order valence-electron chi connectivity index (χ4n) is 9.55. The molecule has 0 bridgehead atoms. The number of carbonyl (C=O) groups excluding carboxylic acids is 4. The smallest absolute Gasteiger partial charge is 0.407 e. The second-order valence-electron chi connectivity index (χ2n) is 18.4. The normalized spacial score (nSPS) is 26.9. The zero-order chi connectivity index (χ0) is 42.7. The van der Waals surface area contributed by atoms with Crippen molar-refractivity contribution in [2.24, 2.45) is 27.7 Å². The maximum Gasteiger partial charge on any atom is 0.407 e. The Bertz CT molecular complexity index is 2320. The van der Waals surface area contributed by atoms with Gasteiger partial charge >= 0.3 is 12.2 Å². The Morgan fingerprint density at radius 3 is 1.72 bits per heavy atom. The summed E-state index contributed by atoms with van der Waals surface area (Å²) in [6, 6.07) is 14.8. The predicted molar refractivity (Wildman–Crippen MR) is 227 cm³/mol. The lowest BCUT2D eigenvalue weighted by molar-refractivity contribution is -0.137. The monoisotopic (exact) mass is 813 g/mol. The van der Waals surface area contributed by atoms with Crippen molar-refractivity contribution < 1.29 is 28.7 Å². The fourth-order valence-corrected chi connectivity index (χ4v) is 9.55. The van der Waals surface area contributed by atoms with E-state index in [0.717, 1.165) is 70.7 Å². The lowest BCUT2D eigenvalue weighted by atomic mass is 9.93. The van der Waals surface area contributed by atoms with Gasteiger partial charge in [0.2, 0.25) is 11.8 Å². The van der Waals surface area contributed by atoms with Crippen LogP contribution in [0.25, 0.3) is 16.8 Å². The van der Waals surface area contributed by atoms with Crippen molar-refractivity contribution in [2.75, 3.05) is 14.2 Å². The van der Waals surface area contributed by atoms with E-state index in [1.54, 1.807) is 0 Å². The summed E-state index contributed by atoms with van der Waals surface area (Å²) in [5, 5.41) is 5.50. The van der Waals surface area contributed by atoms with Crippen LogP contribution in [0.15, 0.2) is 65.9 Å².